The molecule has 0 unspecified atom stereocenters. The van der Waals surface area contributed by atoms with Crippen LogP contribution in [0, 0.1) is 6.92 Å². The van der Waals surface area contributed by atoms with Crippen molar-refractivity contribution in [2.24, 2.45) is 0 Å². The van der Waals surface area contributed by atoms with Crippen molar-refractivity contribution in [2.45, 2.75) is 19.8 Å². The molecule has 0 aliphatic heterocycles. The number of anilines is 1. The van der Waals surface area contributed by atoms with Crippen LogP contribution in [0.25, 0.3) is 20.8 Å². The standard InChI is InChI=1S/C23H20N2OS/c1-16-11-13-18(23-25-19-9-5-6-10-21(19)27-23)15-20(16)24-22(26)14-12-17-7-3-2-4-8-17/h2-11,13,15H,12,14H2,1H3,(H,24,26). The molecule has 1 aromatic heterocycles. The van der Waals surface area contributed by atoms with Crippen LogP contribution in [0.4, 0.5) is 5.69 Å². The minimum absolute atomic E-state index is 0.0309. The minimum Gasteiger partial charge on any atom is -0.326 e. The molecule has 0 saturated heterocycles. The fraction of sp³-hybridized carbons (Fsp3) is 0.130. The second-order valence-electron chi connectivity index (χ2n) is 6.55. The molecule has 27 heavy (non-hydrogen) atoms. The van der Waals surface area contributed by atoms with Crippen molar-refractivity contribution in [1.82, 2.24) is 4.98 Å². The number of nitrogens with zero attached hydrogens (tertiary/aromatic N) is 1. The number of carbonyl (C=O) groups is 1. The van der Waals surface area contributed by atoms with Gasteiger partial charge in [0, 0.05) is 17.7 Å². The Morgan fingerprint density at radius 3 is 2.59 bits per heavy atom. The number of hydrogen-bond donors (Lipinski definition) is 1. The lowest BCUT2D eigenvalue weighted by atomic mass is 10.1. The predicted octanol–water partition coefficient (Wildman–Crippen LogP) is 5.84. The topological polar surface area (TPSA) is 42.0 Å². The van der Waals surface area contributed by atoms with Gasteiger partial charge in [0.15, 0.2) is 0 Å². The van der Waals surface area contributed by atoms with E-state index in [9.17, 15) is 4.79 Å². The molecule has 1 N–H and O–H groups in total. The molecule has 4 heteroatoms. The zero-order chi connectivity index (χ0) is 18.6. The maximum absolute atomic E-state index is 12.4. The Morgan fingerprint density at radius 2 is 1.78 bits per heavy atom. The van der Waals surface area contributed by atoms with Crippen molar-refractivity contribution in [3.63, 3.8) is 0 Å². The Kier molecular flexibility index (Phi) is 4.99. The maximum Gasteiger partial charge on any atom is 0.224 e. The number of para-hydroxylation sites is 1. The van der Waals surface area contributed by atoms with E-state index in [1.807, 2.05) is 67.6 Å². The molecule has 0 radical (unpaired) electrons. The number of nitrogens with one attached hydrogen (secondary N) is 1. The first-order chi connectivity index (χ1) is 13.2. The predicted molar refractivity (Wildman–Crippen MR) is 113 cm³/mol. The Bertz CT molecular complexity index is 1050. The zero-order valence-electron chi connectivity index (χ0n) is 15.1. The first kappa shape index (κ1) is 17.4. The molecule has 134 valence electrons. The number of benzene rings is 3. The summed E-state index contributed by atoms with van der Waals surface area (Å²) in [5.41, 5.74) is 5.11. The van der Waals surface area contributed by atoms with E-state index in [-0.39, 0.29) is 5.91 Å². The number of aromatic nitrogens is 1. The lowest BCUT2D eigenvalue weighted by Gasteiger charge is -2.10. The molecule has 0 spiro atoms. The van der Waals surface area contributed by atoms with Crippen LogP contribution in [-0.4, -0.2) is 10.9 Å². The number of hydrogen-bond acceptors (Lipinski definition) is 3. The van der Waals surface area contributed by atoms with Crippen molar-refractivity contribution in [3.05, 3.63) is 83.9 Å². The zero-order valence-corrected chi connectivity index (χ0v) is 15.9. The second kappa shape index (κ2) is 7.72. The van der Waals surface area contributed by atoms with E-state index in [2.05, 4.69) is 17.4 Å². The van der Waals surface area contributed by atoms with E-state index in [1.165, 1.54) is 10.3 Å². The minimum atomic E-state index is 0.0309. The monoisotopic (exact) mass is 372 g/mol. The highest BCUT2D eigenvalue weighted by Crippen LogP contribution is 2.32. The normalized spacial score (nSPS) is 10.9. The number of fused-ring (bicyclic) bond motifs is 1. The third kappa shape index (κ3) is 4.07. The van der Waals surface area contributed by atoms with E-state index in [0.29, 0.717) is 6.42 Å². The van der Waals surface area contributed by atoms with Gasteiger partial charge in [0.1, 0.15) is 5.01 Å². The lowest BCUT2D eigenvalue weighted by Crippen LogP contribution is -2.13. The van der Waals surface area contributed by atoms with Crippen LogP contribution in [0.5, 0.6) is 0 Å². The highest BCUT2D eigenvalue weighted by atomic mass is 32.1. The van der Waals surface area contributed by atoms with Gasteiger partial charge < -0.3 is 5.32 Å². The van der Waals surface area contributed by atoms with Crippen LogP contribution >= 0.6 is 11.3 Å². The van der Waals surface area contributed by atoms with Gasteiger partial charge in [-0.3, -0.25) is 4.79 Å². The summed E-state index contributed by atoms with van der Waals surface area (Å²) in [6, 6.07) is 24.3. The third-order valence-electron chi connectivity index (χ3n) is 4.54. The molecular formula is C23H20N2OS. The average molecular weight is 372 g/mol. The summed E-state index contributed by atoms with van der Waals surface area (Å²) in [6.45, 7) is 2.01. The second-order valence-corrected chi connectivity index (χ2v) is 7.58. The number of carbonyl (C=O) groups excluding carboxylic acids is 1. The molecule has 0 bridgehead atoms. The molecule has 0 aliphatic carbocycles. The van der Waals surface area contributed by atoms with Crippen LogP contribution in [0.15, 0.2) is 72.8 Å². The first-order valence-corrected chi connectivity index (χ1v) is 9.81. The smallest absolute Gasteiger partial charge is 0.224 e. The summed E-state index contributed by atoms with van der Waals surface area (Å²) in [4.78, 5) is 17.1. The molecule has 3 nitrogen and oxygen atoms in total. The van der Waals surface area contributed by atoms with E-state index >= 15 is 0 Å². The quantitative estimate of drug-likeness (QED) is 0.478. The van der Waals surface area contributed by atoms with Gasteiger partial charge in [0.05, 0.1) is 10.2 Å². The van der Waals surface area contributed by atoms with Gasteiger partial charge in [-0.05, 0) is 42.7 Å². The number of aryl methyl sites for hydroxylation is 2. The van der Waals surface area contributed by atoms with E-state index in [0.717, 1.165) is 33.8 Å². The van der Waals surface area contributed by atoms with Crippen molar-refractivity contribution < 1.29 is 4.79 Å². The van der Waals surface area contributed by atoms with Gasteiger partial charge in [-0.25, -0.2) is 4.98 Å². The summed E-state index contributed by atoms with van der Waals surface area (Å²) in [6.07, 6.45) is 1.21. The molecule has 4 aromatic rings. The van der Waals surface area contributed by atoms with Crippen LogP contribution in [-0.2, 0) is 11.2 Å². The molecular weight excluding hydrogens is 352 g/mol. The lowest BCUT2D eigenvalue weighted by molar-refractivity contribution is -0.116. The molecule has 0 atom stereocenters. The van der Waals surface area contributed by atoms with Crippen LogP contribution in [0.3, 0.4) is 0 Å². The summed E-state index contributed by atoms with van der Waals surface area (Å²) >= 11 is 1.67. The molecule has 3 aromatic carbocycles. The first-order valence-electron chi connectivity index (χ1n) is 8.99. The van der Waals surface area contributed by atoms with Crippen molar-refractivity contribution in [2.75, 3.05) is 5.32 Å². The van der Waals surface area contributed by atoms with Crippen molar-refractivity contribution in [3.8, 4) is 10.6 Å². The highest BCUT2D eigenvalue weighted by molar-refractivity contribution is 7.21. The largest absolute Gasteiger partial charge is 0.326 e. The summed E-state index contributed by atoms with van der Waals surface area (Å²) in [7, 11) is 0. The highest BCUT2D eigenvalue weighted by Gasteiger charge is 2.10. The SMILES string of the molecule is Cc1ccc(-c2nc3ccccc3s2)cc1NC(=O)CCc1ccccc1. The Hall–Kier alpha value is -2.98. The molecule has 4 rings (SSSR count). The number of thiazole rings is 1. The van der Waals surface area contributed by atoms with E-state index in [4.69, 9.17) is 4.98 Å². The average Bonchev–Trinajstić information content (AvgIpc) is 3.13. The molecule has 0 fully saturated rings. The fourth-order valence-corrected chi connectivity index (χ4v) is 3.96. The van der Waals surface area contributed by atoms with Crippen LogP contribution in [0.1, 0.15) is 17.5 Å². The Morgan fingerprint density at radius 1 is 1.00 bits per heavy atom. The Balaban J connectivity index is 1.51. The molecule has 1 amide bonds. The summed E-state index contributed by atoms with van der Waals surface area (Å²) in [5, 5.41) is 4.03. The summed E-state index contributed by atoms with van der Waals surface area (Å²) < 4.78 is 1.17. The van der Waals surface area contributed by atoms with Gasteiger partial charge in [-0.1, -0.05) is 54.6 Å². The number of rotatable bonds is 5. The van der Waals surface area contributed by atoms with E-state index < -0.39 is 0 Å². The van der Waals surface area contributed by atoms with Gasteiger partial charge in [-0.2, -0.15) is 0 Å². The Labute approximate surface area is 162 Å². The maximum atomic E-state index is 12.4. The number of amides is 1. The van der Waals surface area contributed by atoms with Crippen LogP contribution < -0.4 is 5.32 Å². The van der Waals surface area contributed by atoms with Crippen molar-refractivity contribution in [1.29, 1.82) is 0 Å². The van der Waals surface area contributed by atoms with Crippen LogP contribution in [0.2, 0.25) is 0 Å². The van der Waals surface area contributed by atoms with Crippen molar-refractivity contribution >= 4 is 33.1 Å². The van der Waals surface area contributed by atoms with Gasteiger partial charge in [0.2, 0.25) is 5.91 Å². The van der Waals surface area contributed by atoms with Gasteiger partial charge in [0.25, 0.3) is 0 Å². The molecule has 0 aliphatic rings. The summed E-state index contributed by atoms with van der Waals surface area (Å²) in [5.74, 6) is 0.0309. The van der Waals surface area contributed by atoms with Gasteiger partial charge in [-0.15, -0.1) is 11.3 Å². The third-order valence-corrected chi connectivity index (χ3v) is 5.62. The van der Waals surface area contributed by atoms with Gasteiger partial charge >= 0.3 is 0 Å². The van der Waals surface area contributed by atoms with E-state index in [1.54, 1.807) is 11.3 Å². The molecule has 1 heterocycles. The molecule has 0 saturated carbocycles. The fourth-order valence-electron chi connectivity index (χ4n) is 3.00.